The fourth-order valence-corrected chi connectivity index (χ4v) is 3.61. The van der Waals surface area contributed by atoms with Gasteiger partial charge in [0.05, 0.1) is 0 Å². The lowest BCUT2D eigenvalue weighted by molar-refractivity contribution is -0.301. The largest absolute Gasteiger partial charge is 0.427 e. The second-order valence-electron chi connectivity index (χ2n) is 7.86. The highest BCUT2D eigenvalue weighted by molar-refractivity contribution is 5.98. The second-order valence-corrected chi connectivity index (χ2v) is 7.86. The third-order valence-electron chi connectivity index (χ3n) is 5.02. The van der Waals surface area contributed by atoms with E-state index in [9.17, 15) is 35.9 Å². The molecule has 2 aromatic rings. The first-order valence-corrected chi connectivity index (χ1v) is 9.68. The van der Waals surface area contributed by atoms with Crippen LogP contribution in [0.1, 0.15) is 31.4 Å². The number of aryl methyl sites for hydroxylation is 1. The summed E-state index contributed by atoms with van der Waals surface area (Å²) in [6.45, 7) is 2.90. The summed E-state index contributed by atoms with van der Waals surface area (Å²) in [5.41, 5.74) is -8.72. The Labute approximate surface area is 178 Å². The number of alkyl halides is 6. The lowest BCUT2D eigenvalue weighted by atomic mass is 9.87. The van der Waals surface area contributed by atoms with Crippen molar-refractivity contribution in [3.8, 4) is 0 Å². The zero-order valence-corrected chi connectivity index (χ0v) is 17.1. The average Bonchev–Trinajstić information content (AvgIpc) is 2.65. The minimum Gasteiger partial charge on any atom is -0.330 e. The predicted molar refractivity (Wildman–Crippen MR) is 106 cm³/mol. The number of rotatable bonds is 5. The lowest BCUT2D eigenvalue weighted by Crippen LogP contribution is -2.59. The van der Waals surface area contributed by atoms with E-state index >= 15 is 0 Å². The number of amidine groups is 1. The van der Waals surface area contributed by atoms with Crippen molar-refractivity contribution in [1.82, 2.24) is 9.55 Å². The fourth-order valence-electron chi connectivity index (χ4n) is 3.61. The van der Waals surface area contributed by atoms with E-state index in [2.05, 4.69) is 10.3 Å². The summed E-state index contributed by atoms with van der Waals surface area (Å²) >= 11 is 0. The number of aromatic amines is 1. The van der Waals surface area contributed by atoms with Crippen molar-refractivity contribution in [3.63, 3.8) is 0 Å². The van der Waals surface area contributed by atoms with Crippen LogP contribution in [0.4, 0.5) is 32.2 Å². The Hall–Kier alpha value is -3.05. The summed E-state index contributed by atoms with van der Waals surface area (Å²) in [5.74, 6) is -1.82. The fraction of sp³-hybridized carbons (Fsp3) is 0.450. The normalized spacial score (nSPS) is 15.8. The molecule has 174 valence electrons. The number of aliphatic imine (C=N–C) groups is 1. The zero-order chi connectivity index (χ0) is 23.9. The second kappa shape index (κ2) is 8.14. The molecule has 0 fully saturated rings. The Kier molecular flexibility index (Phi) is 6.00. The van der Waals surface area contributed by atoms with Crippen molar-refractivity contribution in [2.45, 2.75) is 51.1 Å². The van der Waals surface area contributed by atoms with Gasteiger partial charge in [-0.05, 0) is 17.9 Å². The molecule has 0 radical (unpaired) electrons. The Bertz CT molecular complexity index is 1120. The van der Waals surface area contributed by atoms with Crippen LogP contribution < -0.4 is 16.6 Å². The van der Waals surface area contributed by atoms with E-state index in [1.165, 1.54) is 0 Å². The summed E-state index contributed by atoms with van der Waals surface area (Å²) in [7, 11) is 0. The van der Waals surface area contributed by atoms with Gasteiger partial charge in [-0.2, -0.15) is 26.3 Å². The van der Waals surface area contributed by atoms with E-state index in [4.69, 9.17) is 0 Å². The number of fused-ring (bicyclic) bond motifs is 1. The Morgan fingerprint density at radius 2 is 1.62 bits per heavy atom. The SMILES string of the molecule is CC(C)CC1=NC(C(F)(F)F)(C(F)(F)F)c2c(n(CCc3ccccc3)c(=O)[nH]c2=O)N1. The maximum Gasteiger partial charge on any atom is 0.427 e. The molecule has 0 saturated carbocycles. The zero-order valence-electron chi connectivity index (χ0n) is 17.1. The van der Waals surface area contributed by atoms with Gasteiger partial charge in [-0.25, -0.2) is 9.79 Å². The topological polar surface area (TPSA) is 79.2 Å². The Morgan fingerprint density at radius 1 is 1.03 bits per heavy atom. The molecule has 0 atom stereocenters. The third-order valence-corrected chi connectivity index (χ3v) is 5.02. The van der Waals surface area contributed by atoms with Gasteiger partial charge in [0.2, 0.25) is 0 Å². The molecule has 3 rings (SSSR count). The van der Waals surface area contributed by atoms with E-state index in [-0.39, 0.29) is 25.3 Å². The van der Waals surface area contributed by atoms with E-state index < -0.39 is 46.4 Å². The van der Waals surface area contributed by atoms with Gasteiger partial charge < -0.3 is 5.32 Å². The molecule has 32 heavy (non-hydrogen) atoms. The third kappa shape index (κ3) is 4.05. The van der Waals surface area contributed by atoms with E-state index in [1.807, 2.05) is 0 Å². The maximum atomic E-state index is 14.0. The highest BCUT2D eigenvalue weighted by Crippen LogP contribution is 2.55. The molecular weight excluding hydrogens is 442 g/mol. The van der Waals surface area contributed by atoms with Crippen molar-refractivity contribution >= 4 is 11.7 Å². The summed E-state index contributed by atoms with van der Waals surface area (Å²) in [6, 6.07) is 8.51. The van der Waals surface area contributed by atoms with Gasteiger partial charge in [-0.1, -0.05) is 44.2 Å². The standard InChI is InChI=1S/C20H20F6N4O2/c1-11(2)10-13-27-15-14(18(29-13,19(21,22)23)20(24,25)26)16(31)28-17(32)30(15)9-8-12-6-4-3-5-7-12/h3-7,11H,8-10H2,1-2H3,(H,27,29)(H,28,31,32). The molecule has 1 aromatic heterocycles. The molecule has 2 heterocycles. The number of hydrogen-bond acceptors (Lipinski definition) is 4. The smallest absolute Gasteiger partial charge is 0.330 e. The Morgan fingerprint density at radius 3 is 2.16 bits per heavy atom. The molecule has 1 aliphatic heterocycles. The van der Waals surface area contributed by atoms with Crippen LogP contribution in [-0.2, 0) is 18.5 Å². The van der Waals surface area contributed by atoms with Crippen molar-refractivity contribution in [3.05, 3.63) is 62.3 Å². The van der Waals surface area contributed by atoms with Gasteiger partial charge in [-0.15, -0.1) is 0 Å². The molecule has 0 aliphatic carbocycles. The quantitative estimate of drug-likeness (QED) is 0.660. The molecule has 0 spiro atoms. The first-order valence-electron chi connectivity index (χ1n) is 9.68. The molecule has 0 unspecified atom stereocenters. The van der Waals surface area contributed by atoms with Gasteiger partial charge in [0.25, 0.3) is 11.1 Å². The lowest BCUT2D eigenvalue weighted by Gasteiger charge is -2.39. The van der Waals surface area contributed by atoms with Gasteiger partial charge in [-0.3, -0.25) is 14.3 Å². The summed E-state index contributed by atoms with van der Waals surface area (Å²) in [4.78, 5) is 29.4. The molecule has 12 heteroatoms. The van der Waals surface area contributed by atoms with Gasteiger partial charge in [0.1, 0.15) is 17.2 Å². The first kappa shape index (κ1) is 23.6. The molecular formula is C20H20F6N4O2. The van der Waals surface area contributed by atoms with Gasteiger partial charge in [0, 0.05) is 13.0 Å². The highest BCUT2D eigenvalue weighted by atomic mass is 19.4. The molecule has 1 aliphatic rings. The maximum absolute atomic E-state index is 14.0. The van der Waals surface area contributed by atoms with Crippen LogP contribution in [0, 0.1) is 5.92 Å². The first-order chi connectivity index (χ1) is 14.8. The number of hydrogen-bond donors (Lipinski definition) is 2. The van der Waals surface area contributed by atoms with Crippen LogP contribution in [0.25, 0.3) is 0 Å². The number of benzene rings is 1. The van der Waals surface area contributed by atoms with Crippen LogP contribution in [0.5, 0.6) is 0 Å². The highest BCUT2D eigenvalue weighted by Gasteiger charge is 2.75. The van der Waals surface area contributed by atoms with Crippen molar-refractivity contribution < 1.29 is 26.3 Å². The van der Waals surface area contributed by atoms with E-state index in [1.54, 1.807) is 49.2 Å². The summed E-state index contributed by atoms with van der Waals surface area (Å²) in [5, 5.41) is 2.41. The molecule has 1 aromatic carbocycles. The van der Waals surface area contributed by atoms with Gasteiger partial charge in [0.15, 0.2) is 0 Å². The minimum absolute atomic E-state index is 0.128. The summed E-state index contributed by atoms with van der Waals surface area (Å²) < 4.78 is 85.0. The van der Waals surface area contributed by atoms with Crippen molar-refractivity contribution in [2.24, 2.45) is 10.9 Å². The number of halogens is 6. The van der Waals surface area contributed by atoms with Gasteiger partial charge >= 0.3 is 18.0 Å². The number of nitrogens with zero attached hydrogens (tertiary/aromatic N) is 2. The molecule has 0 amide bonds. The predicted octanol–water partition coefficient (Wildman–Crippen LogP) is 3.97. The van der Waals surface area contributed by atoms with Crippen LogP contribution in [0.2, 0.25) is 0 Å². The molecule has 0 saturated heterocycles. The van der Waals surface area contributed by atoms with Crippen LogP contribution in [0.3, 0.4) is 0 Å². The number of nitrogens with one attached hydrogen (secondary N) is 2. The summed E-state index contributed by atoms with van der Waals surface area (Å²) in [6.07, 6.45) is -12.1. The van der Waals surface area contributed by atoms with Crippen LogP contribution in [0.15, 0.2) is 44.9 Å². The molecule has 2 N–H and O–H groups in total. The number of anilines is 1. The van der Waals surface area contributed by atoms with Crippen LogP contribution >= 0.6 is 0 Å². The molecule has 0 bridgehead atoms. The van der Waals surface area contributed by atoms with E-state index in [0.29, 0.717) is 10.1 Å². The number of H-pyrrole nitrogens is 1. The van der Waals surface area contributed by atoms with Crippen molar-refractivity contribution in [1.29, 1.82) is 0 Å². The minimum atomic E-state index is -5.99. The van der Waals surface area contributed by atoms with E-state index in [0.717, 1.165) is 0 Å². The van der Waals surface area contributed by atoms with Crippen LogP contribution in [-0.4, -0.2) is 27.7 Å². The Balaban J connectivity index is 2.29. The monoisotopic (exact) mass is 462 g/mol. The van der Waals surface area contributed by atoms with Crippen molar-refractivity contribution in [2.75, 3.05) is 5.32 Å². The number of aromatic nitrogens is 2. The average molecular weight is 462 g/mol. The molecule has 6 nitrogen and oxygen atoms in total.